The van der Waals surface area contributed by atoms with Crippen LogP contribution in [0.25, 0.3) is 0 Å². The summed E-state index contributed by atoms with van der Waals surface area (Å²) in [5.74, 6) is 0.598. The minimum Gasteiger partial charge on any atom is -0.488 e. The Morgan fingerprint density at radius 2 is 1.88 bits per heavy atom. The zero-order valence-corrected chi connectivity index (χ0v) is 14.0. The van der Waals surface area contributed by atoms with E-state index < -0.39 is 10.0 Å². The third-order valence-corrected chi connectivity index (χ3v) is 5.33. The fourth-order valence-corrected chi connectivity index (χ4v) is 3.31. The second kappa shape index (κ2) is 6.62. The van der Waals surface area contributed by atoms with Gasteiger partial charge in [0, 0.05) is 12.0 Å². The van der Waals surface area contributed by atoms with Crippen LogP contribution in [-0.2, 0) is 16.4 Å². The molecule has 0 bridgehead atoms. The van der Waals surface area contributed by atoms with Gasteiger partial charge in [-0.3, -0.25) is 4.79 Å². The highest BCUT2D eigenvalue weighted by molar-refractivity contribution is 7.89. The minimum atomic E-state index is -3.50. The number of hydrogen-bond donors (Lipinski definition) is 2. The predicted octanol–water partition coefficient (Wildman–Crippen LogP) is 1.33. The number of rotatable bonds is 5. The molecule has 0 unspecified atom stereocenters. The lowest BCUT2D eigenvalue weighted by molar-refractivity contribution is 0.0933. The van der Waals surface area contributed by atoms with E-state index in [-0.39, 0.29) is 16.9 Å². The van der Waals surface area contributed by atoms with Gasteiger partial charge in [0.15, 0.2) is 0 Å². The first kappa shape index (κ1) is 16.5. The van der Waals surface area contributed by atoms with E-state index in [1.165, 1.54) is 31.3 Å². The lowest BCUT2D eigenvalue weighted by atomic mass is 10.1. The Kier molecular flexibility index (Phi) is 4.55. The van der Waals surface area contributed by atoms with Crippen molar-refractivity contribution in [1.82, 2.24) is 10.0 Å². The fourth-order valence-electron chi connectivity index (χ4n) is 2.58. The summed E-state index contributed by atoms with van der Waals surface area (Å²) in [6.45, 7) is 0.393. The van der Waals surface area contributed by atoms with Crippen molar-refractivity contribution in [3.8, 4) is 5.75 Å². The van der Waals surface area contributed by atoms with E-state index in [1.54, 1.807) is 0 Å². The Hall–Kier alpha value is -2.38. The van der Waals surface area contributed by atoms with Gasteiger partial charge in [-0.15, -0.1) is 0 Å². The summed E-state index contributed by atoms with van der Waals surface area (Å²) in [4.78, 5) is 12.3. The highest BCUT2D eigenvalue weighted by Crippen LogP contribution is 2.27. The van der Waals surface area contributed by atoms with Crippen LogP contribution in [0.2, 0.25) is 0 Å². The lowest BCUT2D eigenvalue weighted by Gasteiger charge is -2.12. The monoisotopic (exact) mass is 346 g/mol. The van der Waals surface area contributed by atoms with Gasteiger partial charge in [-0.05, 0) is 42.9 Å². The second-order valence-corrected chi connectivity index (χ2v) is 7.38. The van der Waals surface area contributed by atoms with Gasteiger partial charge in [0.05, 0.1) is 11.4 Å². The molecule has 2 aromatic rings. The van der Waals surface area contributed by atoms with E-state index in [2.05, 4.69) is 10.0 Å². The van der Waals surface area contributed by atoms with Crippen molar-refractivity contribution in [3.05, 3.63) is 59.7 Å². The van der Waals surface area contributed by atoms with Crippen LogP contribution in [0.4, 0.5) is 0 Å². The van der Waals surface area contributed by atoms with Crippen molar-refractivity contribution in [2.45, 2.75) is 17.4 Å². The number of amides is 1. The summed E-state index contributed by atoms with van der Waals surface area (Å²) in [6.07, 6.45) is 0.672. The molecule has 1 aliphatic heterocycles. The molecule has 0 aromatic heterocycles. The van der Waals surface area contributed by atoms with Crippen LogP contribution in [0, 0.1) is 0 Å². The molecule has 2 aromatic carbocycles. The van der Waals surface area contributed by atoms with Crippen LogP contribution in [0.15, 0.2) is 53.4 Å². The van der Waals surface area contributed by atoms with E-state index >= 15 is 0 Å². The molecule has 0 saturated heterocycles. The van der Waals surface area contributed by atoms with E-state index in [4.69, 9.17) is 4.74 Å². The normalized spacial score (nSPS) is 16.3. The Balaban J connectivity index is 1.58. The van der Waals surface area contributed by atoms with Gasteiger partial charge < -0.3 is 10.1 Å². The molecule has 2 N–H and O–H groups in total. The Bertz CT molecular complexity index is 822. The average Bonchev–Trinajstić information content (AvgIpc) is 3.02. The molecule has 24 heavy (non-hydrogen) atoms. The number of hydrogen-bond acceptors (Lipinski definition) is 4. The molecule has 1 aliphatic rings. The van der Waals surface area contributed by atoms with Crippen molar-refractivity contribution in [1.29, 1.82) is 0 Å². The molecule has 6 nitrogen and oxygen atoms in total. The smallest absolute Gasteiger partial charge is 0.251 e. The molecule has 0 spiro atoms. The number of nitrogens with one attached hydrogen (secondary N) is 2. The number of para-hydroxylation sites is 1. The Morgan fingerprint density at radius 1 is 1.17 bits per heavy atom. The van der Waals surface area contributed by atoms with Crippen LogP contribution in [0.5, 0.6) is 5.75 Å². The molecule has 1 atom stereocenters. The number of carbonyl (C=O) groups excluding carboxylic acids is 1. The lowest BCUT2D eigenvalue weighted by Crippen LogP contribution is -2.34. The number of sulfonamides is 1. The summed E-state index contributed by atoms with van der Waals surface area (Å²) < 4.78 is 31.3. The van der Waals surface area contributed by atoms with Crippen LogP contribution in [0.3, 0.4) is 0 Å². The summed E-state index contributed by atoms with van der Waals surface area (Å²) in [6, 6.07) is 13.6. The Morgan fingerprint density at radius 3 is 2.54 bits per heavy atom. The van der Waals surface area contributed by atoms with Crippen LogP contribution < -0.4 is 14.8 Å². The van der Waals surface area contributed by atoms with Gasteiger partial charge in [-0.2, -0.15) is 0 Å². The molecule has 0 aliphatic carbocycles. The van der Waals surface area contributed by atoms with E-state index in [0.717, 1.165) is 17.7 Å². The molecule has 7 heteroatoms. The first-order valence-electron chi connectivity index (χ1n) is 7.56. The van der Waals surface area contributed by atoms with Crippen molar-refractivity contribution in [2.75, 3.05) is 13.6 Å². The predicted molar refractivity (Wildman–Crippen MR) is 89.6 cm³/mol. The van der Waals surface area contributed by atoms with Crippen molar-refractivity contribution < 1.29 is 17.9 Å². The maximum absolute atomic E-state index is 12.2. The topological polar surface area (TPSA) is 84.5 Å². The van der Waals surface area contributed by atoms with Gasteiger partial charge >= 0.3 is 0 Å². The van der Waals surface area contributed by atoms with E-state index in [1.807, 2.05) is 24.3 Å². The first-order chi connectivity index (χ1) is 11.5. The zero-order chi connectivity index (χ0) is 17.2. The van der Waals surface area contributed by atoms with Gasteiger partial charge in [0.2, 0.25) is 10.0 Å². The number of carbonyl (C=O) groups is 1. The molecule has 126 valence electrons. The molecule has 1 heterocycles. The summed E-state index contributed by atoms with van der Waals surface area (Å²) in [5, 5.41) is 2.82. The number of benzene rings is 2. The highest BCUT2D eigenvalue weighted by Gasteiger charge is 2.22. The van der Waals surface area contributed by atoms with Crippen LogP contribution in [-0.4, -0.2) is 34.0 Å². The molecular formula is C17H18N2O4S. The third kappa shape index (κ3) is 3.42. The quantitative estimate of drug-likeness (QED) is 0.855. The summed E-state index contributed by atoms with van der Waals surface area (Å²) in [7, 11) is -2.16. The molecule has 0 saturated carbocycles. The van der Waals surface area contributed by atoms with E-state index in [9.17, 15) is 13.2 Å². The van der Waals surface area contributed by atoms with Crippen LogP contribution in [0.1, 0.15) is 15.9 Å². The summed E-state index contributed by atoms with van der Waals surface area (Å²) in [5.41, 5.74) is 1.54. The minimum absolute atomic E-state index is 0.0877. The van der Waals surface area contributed by atoms with Gasteiger partial charge in [-0.25, -0.2) is 13.1 Å². The largest absolute Gasteiger partial charge is 0.488 e. The maximum Gasteiger partial charge on any atom is 0.251 e. The average molecular weight is 346 g/mol. The first-order valence-corrected chi connectivity index (χ1v) is 9.04. The second-order valence-electron chi connectivity index (χ2n) is 5.49. The molecule has 3 rings (SSSR count). The van der Waals surface area contributed by atoms with E-state index in [0.29, 0.717) is 12.1 Å². The molecule has 1 amide bonds. The number of ether oxygens (including phenoxy) is 1. The SMILES string of the molecule is CNS(=O)(=O)c1ccc(C(=O)NC[C@@H]2Cc3ccccc3O2)cc1. The standard InChI is InChI=1S/C17H18N2O4S/c1-18-24(21,22)15-8-6-12(7-9-15)17(20)19-11-14-10-13-4-2-3-5-16(13)23-14/h2-9,14,18H,10-11H2,1H3,(H,19,20)/t14-/m0/s1. The Labute approximate surface area is 140 Å². The maximum atomic E-state index is 12.2. The number of fused-ring (bicyclic) bond motifs is 1. The molecular weight excluding hydrogens is 328 g/mol. The van der Waals surface area contributed by atoms with Gasteiger partial charge in [0.25, 0.3) is 5.91 Å². The zero-order valence-electron chi connectivity index (χ0n) is 13.2. The third-order valence-electron chi connectivity index (χ3n) is 3.90. The van der Waals surface area contributed by atoms with Crippen molar-refractivity contribution in [2.24, 2.45) is 0 Å². The molecule has 0 radical (unpaired) electrons. The van der Waals surface area contributed by atoms with Gasteiger partial charge in [0.1, 0.15) is 11.9 Å². The fraction of sp³-hybridized carbons (Fsp3) is 0.235. The molecule has 0 fully saturated rings. The van der Waals surface area contributed by atoms with Crippen LogP contribution >= 0.6 is 0 Å². The van der Waals surface area contributed by atoms with Gasteiger partial charge in [-0.1, -0.05) is 18.2 Å². The van der Waals surface area contributed by atoms with Crippen molar-refractivity contribution >= 4 is 15.9 Å². The summed E-state index contributed by atoms with van der Waals surface area (Å²) >= 11 is 0. The highest BCUT2D eigenvalue weighted by atomic mass is 32.2. The van der Waals surface area contributed by atoms with Crippen molar-refractivity contribution in [3.63, 3.8) is 0 Å².